The smallest absolute Gasteiger partial charge is 0.120 e. The molecule has 0 bridgehead atoms. The summed E-state index contributed by atoms with van der Waals surface area (Å²) in [6, 6.07) is 6.00. The molecule has 0 saturated carbocycles. The average Bonchev–Trinajstić information content (AvgIpc) is 2.15. The molecule has 0 saturated heterocycles. The van der Waals surface area contributed by atoms with Gasteiger partial charge >= 0.3 is 0 Å². The quantitative estimate of drug-likeness (QED) is 0.660. The minimum Gasteiger partial charge on any atom is -0.494 e. The topological polar surface area (TPSA) is 9.23 Å². The molecule has 0 aliphatic rings. The number of hydrogen-bond donors (Lipinski definition) is 0. The van der Waals surface area contributed by atoms with E-state index in [4.69, 9.17) is 16.3 Å². The van der Waals surface area contributed by atoms with Crippen LogP contribution in [0.1, 0.15) is 45.1 Å². The molecule has 1 unspecified atom stereocenters. The third-order valence-electron chi connectivity index (χ3n) is 2.41. The minimum absolute atomic E-state index is 0.0278. The zero-order valence-electron chi connectivity index (χ0n) is 10.9. The van der Waals surface area contributed by atoms with E-state index in [9.17, 15) is 0 Å². The van der Waals surface area contributed by atoms with E-state index < -0.39 is 0 Å². The van der Waals surface area contributed by atoms with Gasteiger partial charge in [-0.25, -0.2) is 0 Å². The second-order valence-electron chi connectivity index (χ2n) is 5.35. The molecule has 1 nitrogen and oxygen atoms in total. The first-order valence-corrected chi connectivity index (χ1v) is 7.13. The van der Waals surface area contributed by atoms with Gasteiger partial charge in [-0.1, -0.05) is 42.8 Å². The number of benzene rings is 1. The second kappa shape index (κ2) is 6.10. The van der Waals surface area contributed by atoms with Crippen LogP contribution in [0.15, 0.2) is 22.7 Å². The van der Waals surface area contributed by atoms with Crippen LogP contribution in [-0.4, -0.2) is 6.61 Å². The molecule has 1 aromatic carbocycles. The molecule has 0 aliphatic heterocycles. The Balaban J connectivity index is 2.84. The summed E-state index contributed by atoms with van der Waals surface area (Å²) in [4.78, 5) is 0. The van der Waals surface area contributed by atoms with Crippen molar-refractivity contribution in [1.29, 1.82) is 0 Å². The first kappa shape index (κ1) is 14.8. The normalized spacial score (nSPS) is 13.5. The Morgan fingerprint density at radius 1 is 1.35 bits per heavy atom. The maximum Gasteiger partial charge on any atom is 0.120 e. The van der Waals surface area contributed by atoms with Crippen LogP contribution in [0.3, 0.4) is 0 Å². The van der Waals surface area contributed by atoms with Crippen molar-refractivity contribution in [1.82, 2.24) is 0 Å². The van der Waals surface area contributed by atoms with Crippen LogP contribution < -0.4 is 4.74 Å². The molecule has 17 heavy (non-hydrogen) atoms. The number of alkyl halides is 1. The van der Waals surface area contributed by atoms with Crippen molar-refractivity contribution in [3.8, 4) is 5.75 Å². The Kier molecular flexibility index (Phi) is 5.33. The molecule has 1 aromatic rings. The molecule has 0 amide bonds. The lowest BCUT2D eigenvalue weighted by molar-refractivity contribution is 0.339. The molecule has 1 atom stereocenters. The number of ether oxygens (including phenoxy) is 1. The molecule has 0 aliphatic carbocycles. The van der Waals surface area contributed by atoms with Crippen LogP contribution in [0.25, 0.3) is 0 Å². The molecule has 3 heteroatoms. The van der Waals surface area contributed by atoms with Crippen LogP contribution in [0.5, 0.6) is 5.75 Å². The average molecular weight is 320 g/mol. The van der Waals surface area contributed by atoms with Crippen molar-refractivity contribution in [3.05, 3.63) is 28.2 Å². The van der Waals surface area contributed by atoms with Crippen molar-refractivity contribution < 1.29 is 4.74 Å². The molecule has 0 heterocycles. The van der Waals surface area contributed by atoms with Crippen LogP contribution in [0.2, 0.25) is 0 Å². The summed E-state index contributed by atoms with van der Waals surface area (Å²) in [5.41, 5.74) is 1.36. The summed E-state index contributed by atoms with van der Waals surface area (Å²) in [5, 5.41) is 0.0278. The number of hydrogen-bond acceptors (Lipinski definition) is 1. The van der Waals surface area contributed by atoms with Gasteiger partial charge in [0.2, 0.25) is 0 Å². The third-order valence-corrected chi connectivity index (χ3v) is 3.49. The molecule has 0 aromatic heterocycles. The van der Waals surface area contributed by atoms with Crippen LogP contribution >= 0.6 is 27.5 Å². The van der Waals surface area contributed by atoms with E-state index in [1.54, 1.807) is 0 Å². The van der Waals surface area contributed by atoms with Gasteiger partial charge in [0, 0.05) is 4.47 Å². The summed E-state index contributed by atoms with van der Waals surface area (Å²) in [6.07, 6.45) is 0.946. The minimum atomic E-state index is 0.0278. The van der Waals surface area contributed by atoms with Crippen LogP contribution in [0.4, 0.5) is 0 Å². The van der Waals surface area contributed by atoms with Gasteiger partial charge in [-0.05, 0) is 36.5 Å². The first-order valence-electron chi connectivity index (χ1n) is 5.90. The summed E-state index contributed by atoms with van der Waals surface area (Å²) in [7, 11) is 0. The SMILES string of the molecule is CCOc1ccc(C(Cl)CC(C)(C)C)c(Br)c1. The highest BCUT2D eigenvalue weighted by molar-refractivity contribution is 9.10. The lowest BCUT2D eigenvalue weighted by Gasteiger charge is -2.23. The summed E-state index contributed by atoms with van der Waals surface area (Å²) in [6.45, 7) is 9.25. The van der Waals surface area contributed by atoms with E-state index in [2.05, 4.69) is 36.7 Å². The Bertz CT molecular complexity index is 371. The fraction of sp³-hybridized carbons (Fsp3) is 0.571. The zero-order chi connectivity index (χ0) is 13.1. The van der Waals surface area contributed by atoms with E-state index in [0.29, 0.717) is 6.61 Å². The number of rotatable bonds is 4. The summed E-state index contributed by atoms with van der Waals surface area (Å²) >= 11 is 10.0. The molecule has 0 spiro atoms. The predicted molar refractivity (Wildman–Crippen MR) is 78.0 cm³/mol. The van der Waals surface area contributed by atoms with Gasteiger partial charge in [0.25, 0.3) is 0 Å². The molecule has 0 N–H and O–H groups in total. The molecule has 0 radical (unpaired) electrons. The molecule has 0 fully saturated rings. The maximum atomic E-state index is 6.45. The van der Waals surface area contributed by atoms with E-state index in [0.717, 1.165) is 22.2 Å². The second-order valence-corrected chi connectivity index (χ2v) is 6.73. The van der Waals surface area contributed by atoms with Crippen molar-refractivity contribution in [2.45, 2.75) is 39.5 Å². The van der Waals surface area contributed by atoms with Crippen molar-refractivity contribution in [3.63, 3.8) is 0 Å². The fourth-order valence-electron chi connectivity index (χ4n) is 1.67. The van der Waals surface area contributed by atoms with Crippen molar-refractivity contribution in [2.24, 2.45) is 5.41 Å². The molecular weight excluding hydrogens is 300 g/mol. The number of halogens is 2. The van der Waals surface area contributed by atoms with Gasteiger partial charge in [-0.2, -0.15) is 0 Å². The van der Waals surface area contributed by atoms with Gasteiger partial charge in [0.15, 0.2) is 0 Å². The van der Waals surface area contributed by atoms with Crippen molar-refractivity contribution >= 4 is 27.5 Å². The maximum absolute atomic E-state index is 6.45. The summed E-state index contributed by atoms with van der Waals surface area (Å²) < 4.78 is 6.47. The largest absolute Gasteiger partial charge is 0.494 e. The van der Waals surface area contributed by atoms with E-state index in [1.165, 1.54) is 0 Å². The van der Waals surface area contributed by atoms with Crippen molar-refractivity contribution in [2.75, 3.05) is 6.61 Å². The lowest BCUT2D eigenvalue weighted by atomic mass is 9.88. The lowest BCUT2D eigenvalue weighted by Crippen LogP contribution is -2.09. The first-order chi connectivity index (χ1) is 7.83. The Hall–Kier alpha value is -0.210. The Labute approximate surface area is 118 Å². The summed E-state index contributed by atoms with van der Waals surface area (Å²) in [5.74, 6) is 0.878. The van der Waals surface area contributed by atoms with E-state index in [1.807, 2.05) is 25.1 Å². The molecule has 96 valence electrons. The highest BCUT2D eigenvalue weighted by Crippen LogP contribution is 2.38. The highest BCUT2D eigenvalue weighted by atomic mass is 79.9. The van der Waals surface area contributed by atoms with Gasteiger partial charge in [0.05, 0.1) is 12.0 Å². The van der Waals surface area contributed by atoms with Crippen LogP contribution in [0, 0.1) is 5.41 Å². The highest BCUT2D eigenvalue weighted by Gasteiger charge is 2.20. The van der Waals surface area contributed by atoms with Gasteiger partial charge < -0.3 is 4.74 Å². The standard InChI is InChI=1S/C14H20BrClO/c1-5-17-10-6-7-11(12(15)8-10)13(16)9-14(2,3)4/h6-8,13H,5,9H2,1-4H3. The van der Waals surface area contributed by atoms with Gasteiger partial charge in [-0.3, -0.25) is 0 Å². The van der Waals surface area contributed by atoms with E-state index in [-0.39, 0.29) is 10.8 Å². The zero-order valence-corrected chi connectivity index (χ0v) is 13.2. The predicted octanol–water partition coefficient (Wildman–Crippen LogP) is 5.56. The molecule has 1 rings (SSSR count). The Morgan fingerprint density at radius 3 is 2.47 bits per heavy atom. The third kappa shape index (κ3) is 4.89. The molecular formula is C14H20BrClO. The van der Waals surface area contributed by atoms with Crippen LogP contribution in [-0.2, 0) is 0 Å². The fourth-order valence-corrected chi connectivity index (χ4v) is 3.09. The van der Waals surface area contributed by atoms with Gasteiger partial charge in [-0.15, -0.1) is 11.6 Å². The Morgan fingerprint density at radius 2 is 2.00 bits per heavy atom. The van der Waals surface area contributed by atoms with E-state index >= 15 is 0 Å². The monoisotopic (exact) mass is 318 g/mol. The van der Waals surface area contributed by atoms with Gasteiger partial charge in [0.1, 0.15) is 5.75 Å².